The summed E-state index contributed by atoms with van der Waals surface area (Å²) in [4.78, 5) is 0. The van der Waals surface area contributed by atoms with E-state index in [4.69, 9.17) is 17.3 Å². The third-order valence-electron chi connectivity index (χ3n) is 2.45. The van der Waals surface area contributed by atoms with E-state index in [1.165, 1.54) is 0 Å². The molecular weight excluding hydrogens is 318 g/mol. The van der Waals surface area contributed by atoms with Crippen molar-refractivity contribution < 1.29 is 0 Å². The van der Waals surface area contributed by atoms with Crippen LogP contribution in [0.25, 0.3) is 0 Å². The fourth-order valence-corrected chi connectivity index (χ4v) is 4.50. The molecule has 19 heavy (non-hydrogen) atoms. The molecule has 0 saturated carbocycles. The molecule has 2 unspecified atom stereocenters. The maximum absolute atomic E-state index is 6.09. The lowest BCUT2D eigenvalue weighted by Gasteiger charge is -2.19. The summed E-state index contributed by atoms with van der Waals surface area (Å²) in [5, 5.41) is 9.14. The van der Waals surface area contributed by atoms with Gasteiger partial charge in [0.25, 0.3) is 0 Å². The van der Waals surface area contributed by atoms with E-state index in [9.17, 15) is 0 Å². The van der Waals surface area contributed by atoms with Crippen LogP contribution in [0, 0.1) is 0 Å². The molecular formula is C12H14ClN3S3. The Morgan fingerprint density at radius 3 is 2.63 bits per heavy atom. The quantitative estimate of drug-likeness (QED) is 0.836. The van der Waals surface area contributed by atoms with E-state index in [-0.39, 0.29) is 11.3 Å². The second kappa shape index (κ2) is 6.95. The summed E-state index contributed by atoms with van der Waals surface area (Å²) in [5.74, 6) is 0. The monoisotopic (exact) mass is 331 g/mol. The lowest BCUT2D eigenvalue weighted by Crippen LogP contribution is -2.22. The molecule has 0 fully saturated rings. The molecule has 1 aromatic carbocycles. The van der Waals surface area contributed by atoms with Crippen LogP contribution in [0.4, 0.5) is 0 Å². The summed E-state index contributed by atoms with van der Waals surface area (Å²) < 4.78 is 1.91. The van der Waals surface area contributed by atoms with Crippen LogP contribution in [-0.4, -0.2) is 22.5 Å². The molecule has 2 aromatic rings. The summed E-state index contributed by atoms with van der Waals surface area (Å²) in [5.41, 5.74) is 7.21. The molecule has 7 heteroatoms. The number of halogens is 1. The Morgan fingerprint density at radius 2 is 2.05 bits per heavy atom. The number of hydrogen-bond donors (Lipinski definition) is 1. The third kappa shape index (κ3) is 4.10. The van der Waals surface area contributed by atoms with E-state index in [0.29, 0.717) is 0 Å². The van der Waals surface area contributed by atoms with Gasteiger partial charge in [-0.1, -0.05) is 58.6 Å². The molecule has 0 aliphatic heterocycles. The summed E-state index contributed by atoms with van der Waals surface area (Å²) >= 11 is 10.9. The molecule has 0 saturated heterocycles. The minimum absolute atomic E-state index is 0.00472. The van der Waals surface area contributed by atoms with Gasteiger partial charge in [-0.05, 0) is 30.9 Å². The fraction of sp³-hybridized carbons (Fsp3) is 0.333. The van der Waals surface area contributed by atoms with Crippen LogP contribution in [0.2, 0.25) is 5.02 Å². The van der Waals surface area contributed by atoms with Gasteiger partial charge in [0.05, 0.1) is 5.25 Å². The molecule has 0 aliphatic carbocycles. The van der Waals surface area contributed by atoms with Crippen molar-refractivity contribution in [1.82, 2.24) is 10.2 Å². The van der Waals surface area contributed by atoms with Gasteiger partial charge in [-0.15, -0.1) is 10.2 Å². The van der Waals surface area contributed by atoms with E-state index in [2.05, 4.69) is 10.2 Å². The minimum atomic E-state index is 0.00472. The first-order valence-electron chi connectivity index (χ1n) is 5.65. The topological polar surface area (TPSA) is 51.8 Å². The van der Waals surface area contributed by atoms with Gasteiger partial charge < -0.3 is 5.73 Å². The second-order valence-corrected chi connectivity index (χ2v) is 7.85. The van der Waals surface area contributed by atoms with Crippen molar-refractivity contribution in [2.45, 2.75) is 26.9 Å². The Morgan fingerprint density at radius 1 is 1.32 bits per heavy atom. The first-order valence-corrected chi connectivity index (χ1v) is 8.95. The maximum Gasteiger partial charge on any atom is 0.175 e. The van der Waals surface area contributed by atoms with Gasteiger partial charge in [-0.25, -0.2) is 0 Å². The summed E-state index contributed by atoms with van der Waals surface area (Å²) in [6.45, 7) is 2.00. The van der Waals surface area contributed by atoms with Crippen molar-refractivity contribution >= 4 is 46.5 Å². The maximum atomic E-state index is 6.09. The number of aromatic nitrogens is 2. The number of thioether (sulfide) groups is 2. The van der Waals surface area contributed by atoms with E-state index in [1.807, 2.05) is 37.4 Å². The molecule has 1 heterocycles. The highest BCUT2D eigenvalue weighted by Gasteiger charge is 2.20. The second-order valence-electron chi connectivity index (χ2n) is 3.99. The Balaban J connectivity index is 2.21. The predicted octanol–water partition coefficient (Wildman–Crippen LogP) is 4.09. The minimum Gasteiger partial charge on any atom is -0.327 e. The van der Waals surface area contributed by atoms with Gasteiger partial charge in [0.15, 0.2) is 8.68 Å². The molecule has 0 spiro atoms. The number of rotatable bonds is 5. The Bertz CT molecular complexity index is 545. The van der Waals surface area contributed by atoms with Crippen molar-refractivity contribution in [2.75, 3.05) is 6.26 Å². The van der Waals surface area contributed by atoms with Crippen LogP contribution in [0.3, 0.4) is 0 Å². The molecule has 2 rings (SSSR count). The first kappa shape index (κ1) is 15.1. The largest absolute Gasteiger partial charge is 0.327 e. The molecule has 3 nitrogen and oxygen atoms in total. The van der Waals surface area contributed by atoms with Crippen LogP contribution in [0.1, 0.15) is 17.7 Å². The summed E-state index contributed by atoms with van der Waals surface area (Å²) in [6.07, 6.45) is 2.00. The van der Waals surface area contributed by atoms with E-state index < -0.39 is 0 Å². The number of nitrogens with two attached hydrogens (primary N) is 1. The van der Waals surface area contributed by atoms with E-state index in [0.717, 1.165) is 19.3 Å². The molecule has 2 N–H and O–H groups in total. The lowest BCUT2D eigenvalue weighted by atomic mass is 10.1. The highest BCUT2D eigenvalue weighted by atomic mass is 35.5. The zero-order chi connectivity index (χ0) is 13.8. The van der Waals surface area contributed by atoms with Gasteiger partial charge >= 0.3 is 0 Å². The fourth-order valence-electron chi connectivity index (χ4n) is 1.60. The van der Waals surface area contributed by atoms with E-state index >= 15 is 0 Å². The van der Waals surface area contributed by atoms with Gasteiger partial charge in [0.1, 0.15) is 0 Å². The van der Waals surface area contributed by atoms with Gasteiger partial charge in [0.2, 0.25) is 0 Å². The molecule has 0 bridgehead atoms. The van der Waals surface area contributed by atoms with E-state index in [1.54, 1.807) is 34.9 Å². The van der Waals surface area contributed by atoms with Crippen molar-refractivity contribution in [2.24, 2.45) is 5.73 Å². The Hall–Kier alpha value is -0.270. The highest BCUT2D eigenvalue weighted by Crippen LogP contribution is 2.40. The summed E-state index contributed by atoms with van der Waals surface area (Å²) in [6, 6.07) is 7.82. The van der Waals surface area contributed by atoms with Crippen LogP contribution >= 0.6 is 46.5 Å². The Labute approximate surface area is 130 Å². The lowest BCUT2D eigenvalue weighted by molar-refractivity contribution is 0.720. The van der Waals surface area contributed by atoms with Crippen molar-refractivity contribution in [3.8, 4) is 0 Å². The SMILES string of the molecule is CSc1nnc(SC(c2cccc(Cl)c2)C(C)N)s1. The average molecular weight is 332 g/mol. The van der Waals surface area contributed by atoms with Crippen LogP contribution in [0.15, 0.2) is 32.9 Å². The van der Waals surface area contributed by atoms with Gasteiger partial charge in [-0.3, -0.25) is 0 Å². The van der Waals surface area contributed by atoms with Crippen molar-refractivity contribution in [1.29, 1.82) is 0 Å². The zero-order valence-electron chi connectivity index (χ0n) is 10.5. The van der Waals surface area contributed by atoms with Crippen molar-refractivity contribution in [3.63, 3.8) is 0 Å². The summed E-state index contributed by atoms with van der Waals surface area (Å²) in [7, 11) is 0. The highest BCUT2D eigenvalue weighted by molar-refractivity contribution is 8.03. The number of nitrogens with zero attached hydrogens (tertiary/aromatic N) is 2. The number of benzene rings is 1. The first-order chi connectivity index (χ1) is 9.10. The van der Waals surface area contributed by atoms with Crippen LogP contribution < -0.4 is 5.73 Å². The smallest absolute Gasteiger partial charge is 0.175 e. The van der Waals surface area contributed by atoms with Crippen LogP contribution in [0.5, 0.6) is 0 Å². The molecule has 0 amide bonds. The molecule has 102 valence electrons. The normalized spacial score (nSPS) is 14.3. The standard InChI is InChI=1S/C12H14ClN3S3/c1-7(14)10(8-4-3-5-9(13)6-8)18-12-16-15-11(17-2)19-12/h3-7,10H,14H2,1-2H3. The molecule has 0 radical (unpaired) electrons. The average Bonchev–Trinajstić information content (AvgIpc) is 2.83. The van der Waals surface area contributed by atoms with Gasteiger partial charge in [0, 0.05) is 11.1 Å². The third-order valence-corrected chi connectivity index (χ3v) is 6.15. The predicted molar refractivity (Wildman–Crippen MR) is 85.4 cm³/mol. The van der Waals surface area contributed by atoms with Crippen molar-refractivity contribution in [3.05, 3.63) is 34.9 Å². The number of hydrogen-bond acceptors (Lipinski definition) is 6. The van der Waals surface area contributed by atoms with Gasteiger partial charge in [-0.2, -0.15) is 0 Å². The Kier molecular flexibility index (Phi) is 5.53. The molecule has 0 aliphatic rings. The zero-order valence-corrected chi connectivity index (χ0v) is 13.7. The molecule has 2 atom stereocenters. The molecule has 1 aromatic heterocycles. The van der Waals surface area contributed by atoms with Crippen LogP contribution in [-0.2, 0) is 0 Å².